The molecule has 3 rings (SSSR count). The minimum Gasteiger partial charge on any atom is -0.267 e. The molecule has 0 atom stereocenters. The van der Waals surface area contributed by atoms with E-state index in [0.717, 1.165) is 5.69 Å². The van der Waals surface area contributed by atoms with Crippen molar-refractivity contribution in [3.63, 3.8) is 0 Å². The summed E-state index contributed by atoms with van der Waals surface area (Å²) in [6.07, 6.45) is 3.35. The first-order valence-corrected chi connectivity index (χ1v) is 8.62. The van der Waals surface area contributed by atoms with E-state index in [9.17, 15) is 10.1 Å². The molecule has 3 heterocycles. The first-order chi connectivity index (χ1) is 12.4. The summed E-state index contributed by atoms with van der Waals surface area (Å²) >= 11 is 1.34. The average molecular weight is 375 g/mol. The number of hydrogen-bond acceptors (Lipinski definition) is 8. The molecule has 0 aliphatic heterocycles. The van der Waals surface area contributed by atoms with Gasteiger partial charge in [-0.05, 0) is 26.8 Å². The predicted octanol–water partition coefficient (Wildman–Crippen LogP) is 1.67. The van der Waals surface area contributed by atoms with Crippen LogP contribution in [0.1, 0.15) is 22.9 Å². The largest absolute Gasteiger partial charge is 0.312 e. The standard InChI is InChI=1S/C14H17N9O2S/c1-9-13(23(24)25)10(2)21(19-9)8-26-14-18-17-11(3)22(14)16-7-12-5-6-15-20(12)4/h5-7H,8H2,1-4H3/b16-7+. The minimum atomic E-state index is -0.413. The van der Waals surface area contributed by atoms with Crippen molar-refractivity contribution in [2.75, 3.05) is 0 Å². The highest BCUT2D eigenvalue weighted by Gasteiger charge is 2.22. The summed E-state index contributed by atoms with van der Waals surface area (Å²) in [4.78, 5) is 10.7. The Morgan fingerprint density at radius 2 is 2.12 bits per heavy atom. The highest BCUT2D eigenvalue weighted by atomic mass is 32.2. The van der Waals surface area contributed by atoms with Crippen LogP contribution in [0.25, 0.3) is 0 Å². The molecule has 11 nitrogen and oxygen atoms in total. The normalized spacial score (nSPS) is 11.5. The topological polar surface area (TPSA) is 122 Å². The lowest BCUT2D eigenvalue weighted by atomic mass is 10.3. The van der Waals surface area contributed by atoms with Crippen LogP contribution in [0.5, 0.6) is 0 Å². The summed E-state index contributed by atoms with van der Waals surface area (Å²) < 4.78 is 4.89. The number of thioether (sulfide) groups is 1. The smallest absolute Gasteiger partial charge is 0.267 e. The van der Waals surface area contributed by atoms with E-state index in [4.69, 9.17) is 0 Å². The second-order valence-corrected chi connectivity index (χ2v) is 6.43. The lowest BCUT2D eigenvalue weighted by molar-refractivity contribution is -0.386. The molecule has 0 fully saturated rings. The highest BCUT2D eigenvalue weighted by molar-refractivity contribution is 7.98. The lowest BCUT2D eigenvalue weighted by Crippen LogP contribution is -2.03. The summed E-state index contributed by atoms with van der Waals surface area (Å²) in [6, 6.07) is 1.84. The van der Waals surface area contributed by atoms with Crippen molar-refractivity contribution < 1.29 is 4.92 Å². The molecule has 0 spiro atoms. The van der Waals surface area contributed by atoms with Gasteiger partial charge in [0, 0.05) is 13.2 Å². The van der Waals surface area contributed by atoms with Crippen molar-refractivity contribution >= 4 is 23.7 Å². The lowest BCUT2D eigenvalue weighted by Gasteiger charge is -2.04. The van der Waals surface area contributed by atoms with Crippen molar-refractivity contribution in [1.29, 1.82) is 0 Å². The number of nitro groups is 1. The van der Waals surface area contributed by atoms with Gasteiger partial charge in [-0.3, -0.25) is 19.5 Å². The van der Waals surface area contributed by atoms with Gasteiger partial charge in [-0.15, -0.1) is 10.2 Å². The maximum atomic E-state index is 11.1. The number of aryl methyl sites for hydroxylation is 3. The number of rotatable bonds is 6. The van der Waals surface area contributed by atoms with E-state index in [2.05, 4.69) is 25.5 Å². The van der Waals surface area contributed by atoms with E-state index in [0.29, 0.717) is 28.2 Å². The Morgan fingerprint density at radius 3 is 2.73 bits per heavy atom. The van der Waals surface area contributed by atoms with Gasteiger partial charge in [0.2, 0.25) is 5.16 Å². The molecule has 3 aromatic heterocycles. The molecular formula is C14H17N9O2S. The number of nitrogens with zero attached hydrogens (tertiary/aromatic N) is 9. The Bertz CT molecular complexity index is 985. The van der Waals surface area contributed by atoms with Crippen LogP contribution in [0.2, 0.25) is 0 Å². The van der Waals surface area contributed by atoms with E-state index in [1.165, 1.54) is 11.8 Å². The molecule has 0 bridgehead atoms. The Morgan fingerprint density at radius 1 is 1.35 bits per heavy atom. The van der Waals surface area contributed by atoms with Crippen LogP contribution in [0, 0.1) is 30.9 Å². The summed E-state index contributed by atoms with van der Waals surface area (Å²) in [5.41, 5.74) is 1.77. The third-order valence-electron chi connectivity index (χ3n) is 3.77. The molecule has 0 N–H and O–H groups in total. The van der Waals surface area contributed by atoms with Crippen LogP contribution >= 0.6 is 11.8 Å². The quantitative estimate of drug-likeness (QED) is 0.278. The zero-order chi connectivity index (χ0) is 18.8. The summed E-state index contributed by atoms with van der Waals surface area (Å²) in [7, 11) is 1.83. The molecule has 0 aromatic carbocycles. The van der Waals surface area contributed by atoms with Crippen LogP contribution in [-0.4, -0.2) is 45.6 Å². The van der Waals surface area contributed by atoms with Crippen molar-refractivity contribution in [3.05, 3.63) is 45.3 Å². The highest BCUT2D eigenvalue weighted by Crippen LogP contribution is 2.25. The molecular weight excluding hydrogens is 358 g/mol. The molecule has 0 radical (unpaired) electrons. The van der Waals surface area contributed by atoms with Crippen LogP contribution in [0.4, 0.5) is 5.69 Å². The summed E-state index contributed by atoms with van der Waals surface area (Å²) in [5.74, 6) is 0.991. The Kier molecular flexibility index (Phi) is 4.84. The molecule has 3 aromatic rings. The molecule has 0 saturated heterocycles. The van der Waals surface area contributed by atoms with Crippen LogP contribution in [0.3, 0.4) is 0 Å². The zero-order valence-electron chi connectivity index (χ0n) is 14.7. The molecule has 0 aliphatic rings. The van der Waals surface area contributed by atoms with Gasteiger partial charge < -0.3 is 0 Å². The Labute approximate surface area is 152 Å². The zero-order valence-corrected chi connectivity index (χ0v) is 15.5. The summed E-state index contributed by atoms with van der Waals surface area (Å²) in [5, 5.41) is 32.5. The maximum Gasteiger partial charge on any atom is 0.312 e. The maximum absolute atomic E-state index is 11.1. The van der Waals surface area contributed by atoms with Crippen LogP contribution < -0.4 is 0 Å². The Balaban J connectivity index is 1.80. The second kappa shape index (κ2) is 7.07. The van der Waals surface area contributed by atoms with E-state index in [1.807, 2.05) is 13.1 Å². The molecule has 0 amide bonds. The van der Waals surface area contributed by atoms with Crippen LogP contribution in [0.15, 0.2) is 22.5 Å². The van der Waals surface area contributed by atoms with E-state index in [1.54, 1.807) is 47.2 Å². The fraction of sp³-hybridized carbons (Fsp3) is 0.357. The van der Waals surface area contributed by atoms with Crippen LogP contribution in [-0.2, 0) is 12.9 Å². The third-order valence-corrected chi connectivity index (χ3v) is 4.66. The fourth-order valence-corrected chi connectivity index (χ4v) is 3.27. The number of aromatic nitrogens is 7. The van der Waals surface area contributed by atoms with E-state index < -0.39 is 4.92 Å². The van der Waals surface area contributed by atoms with Crippen molar-refractivity contribution in [1.82, 2.24) is 34.4 Å². The van der Waals surface area contributed by atoms with Gasteiger partial charge in [0.05, 0.1) is 22.7 Å². The second-order valence-electron chi connectivity index (χ2n) is 5.52. The van der Waals surface area contributed by atoms with Crippen molar-refractivity contribution in [2.45, 2.75) is 31.8 Å². The van der Waals surface area contributed by atoms with Gasteiger partial charge in [-0.1, -0.05) is 11.8 Å². The van der Waals surface area contributed by atoms with Crippen molar-refractivity contribution in [2.24, 2.45) is 12.1 Å². The number of hydrogen-bond donors (Lipinski definition) is 0. The van der Waals surface area contributed by atoms with Gasteiger partial charge in [0.25, 0.3) is 0 Å². The van der Waals surface area contributed by atoms with Gasteiger partial charge in [0.1, 0.15) is 11.4 Å². The molecule has 12 heteroatoms. The van der Waals surface area contributed by atoms with E-state index >= 15 is 0 Å². The van der Waals surface area contributed by atoms with Crippen molar-refractivity contribution in [3.8, 4) is 0 Å². The first kappa shape index (κ1) is 17.8. The molecule has 0 unspecified atom stereocenters. The molecule has 0 saturated carbocycles. The molecule has 136 valence electrons. The fourth-order valence-electron chi connectivity index (χ4n) is 2.39. The monoisotopic (exact) mass is 375 g/mol. The summed E-state index contributed by atoms with van der Waals surface area (Å²) in [6.45, 7) is 5.10. The minimum absolute atomic E-state index is 0.0393. The average Bonchev–Trinajstić information content (AvgIpc) is 3.22. The van der Waals surface area contributed by atoms with E-state index in [-0.39, 0.29) is 5.69 Å². The SMILES string of the molecule is Cc1nn(CSc2nnc(C)n2/N=C/c2ccnn2C)c(C)c1[N+](=O)[O-]. The first-order valence-electron chi connectivity index (χ1n) is 7.64. The van der Waals surface area contributed by atoms with Gasteiger partial charge in [0.15, 0.2) is 5.82 Å². The third kappa shape index (κ3) is 3.35. The Hall–Kier alpha value is -3.02. The van der Waals surface area contributed by atoms with Gasteiger partial charge >= 0.3 is 5.69 Å². The van der Waals surface area contributed by atoms with Gasteiger partial charge in [-0.2, -0.15) is 20.0 Å². The molecule has 0 aliphatic carbocycles. The predicted molar refractivity (Wildman–Crippen MR) is 95.2 cm³/mol. The molecule has 26 heavy (non-hydrogen) atoms. The van der Waals surface area contributed by atoms with Gasteiger partial charge in [-0.25, -0.2) is 0 Å².